The van der Waals surface area contributed by atoms with E-state index in [2.05, 4.69) is 0 Å². The van der Waals surface area contributed by atoms with Crippen molar-refractivity contribution in [3.05, 3.63) is 58.6 Å². The molecule has 0 aliphatic carbocycles. The van der Waals surface area contributed by atoms with E-state index in [1.54, 1.807) is 19.2 Å². The second-order valence-electron chi connectivity index (χ2n) is 4.53. The first-order valence-electron chi connectivity index (χ1n) is 6.23. The van der Waals surface area contributed by atoms with Crippen LogP contribution in [0.1, 0.15) is 15.9 Å². The number of anilines is 1. The van der Waals surface area contributed by atoms with Crippen LogP contribution in [0, 0.1) is 0 Å². The van der Waals surface area contributed by atoms with E-state index in [4.69, 9.17) is 16.3 Å². The van der Waals surface area contributed by atoms with E-state index >= 15 is 0 Å². The quantitative estimate of drug-likeness (QED) is 0.784. The third kappa shape index (κ3) is 3.31. The predicted octanol–water partition coefficient (Wildman–Crippen LogP) is 3.80. The first-order valence-corrected chi connectivity index (χ1v) is 6.60. The molecule has 0 aromatic heterocycles. The van der Waals surface area contributed by atoms with Gasteiger partial charge in [-0.1, -0.05) is 23.7 Å². The first-order chi connectivity index (χ1) is 9.63. The highest BCUT2D eigenvalue weighted by Crippen LogP contribution is 2.24. The maximum Gasteiger partial charge on any atom is 0.152 e. The molecule has 3 nitrogen and oxygen atoms in total. The summed E-state index contributed by atoms with van der Waals surface area (Å²) in [4.78, 5) is 13.1. The number of hydrogen-bond donors (Lipinski definition) is 0. The molecule has 0 N–H and O–H groups in total. The Morgan fingerprint density at radius 3 is 2.75 bits per heavy atom. The van der Waals surface area contributed by atoms with Gasteiger partial charge in [0.2, 0.25) is 0 Å². The predicted molar refractivity (Wildman–Crippen MR) is 81.9 cm³/mol. The topological polar surface area (TPSA) is 29.5 Å². The van der Waals surface area contributed by atoms with Gasteiger partial charge in [-0.05, 0) is 35.9 Å². The highest BCUT2D eigenvalue weighted by molar-refractivity contribution is 6.31. The molecule has 4 heteroatoms. The highest BCUT2D eigenvalue weighted by Gasteiger charge is 2.08. The molecule has 0 fully saturated rings. The molecule has 0 saturated carbocycles. The summed E-state index contributed by atoms with van der Waals surface area (Å²) in [5.41, 5.74) is 2.55. The standard InChI is InChI=1S/C16H16ClNO2/c1-18(10-12-4-3-5-15(8-12)20-2)16-7-6-14(17)9-13(16)11-19/h3-9,11H,10H2,1-2H3. The number of ether oxygens (including phenoxy) is 1. The Bertz CT molecular complexity index is 613. The lowest BCUT2D eigenvalue weighted by Crippen LogP contribution is -2.17. The molecule has 0 atom stereocenters. The van der Waals surface area contributed by atoms with Crippen LogP contribution in [-0.4, -0.2) is 20.4 Å². The third-order valence-electron chi connectivity index (χ3n) is 3.08. The lowest BCUT2D eigenvalue weighted by atomic mass is 10.1. The lowest BCUT2D eigenvalue weighted by Gasteiger charge is -2.21. The van der Waals surface area contributed by atoms with Crippen molar-refractivity contribution in [1.29, 1.82) is 0 Å². The minimum absolute atomic E-state index is 0.561. The van der Waals surface area contributed by atoms with E-state index in [-0.39, 0.29) is 0 Å². The number of methoxy groups -OCH3 is 1. The van der Waals surface area contributed by atoms with Gasteiger partial charge in [-0.3, -0.25) is 4.79 Å². The van der Waals surface area contributed by atoms with Crippen LogP contribution in [0.3, 0.4) is 0 Å². The maximum absolute atomic E-state index is 11.1. The zero-order valence-electron chi connectivity index (χ0n) is 11.5. The van der Waals surface area contributed by atoms with Crippen LogP contribution in [0.5, 0.6) is 5.75 Å². The smallest absolute Gasteiger partial charge is 0.152 e. The van der Waals surface area contributed by atoms with Crippen LogP contribution in [0.4, 0.5) is 5.69 Å². The highest BCUT2D eigenvalue weighted by atomic mass is 35.5. The van der Waals surface area contributed by atoms with Crippen molar-refractivity contribution in [2.45, 2.75) is 6.54 Å². The second kappa shape index (κ2) is 6.44. The fourth-order valence-corrected chi connectivity index (χ4v) is 2.28. The van der Waals surface area contributed by atoms with Crippen LogP contribution < -0.4 is 9.64 Å². The molecule has 0 aliphatic rings. The largest absolute Gasteiger partial charge is 0.497 e. The van der Waals surface area contributed by atoms with Gasteiger partial charge in [0.1, 0.15) is 5.75 Å². The lowest BCUT2D eigenvalue weighted by molar-refractivity contribution is 0.112. The van der Waals surface area contributed by atoms with Gasteiger partial charge >= 0.3 is 0 Å². The molecule has 0 radical (unpaired) electrons. The Hall–Kier alpha value is -2.00. The average molecular weight is 290 g/mol. The van der Waals surface area contributed by atoms with E-state index in [0.29, 0.717) is 17.1 Å². The van der Waals surface area contributed by atoms with E-state index < -0.39 is 0 Å². The van der Waals surface area contributed by atoms with Crippen molar-refractivity contribution < 1.29 is 9.53 Å². The Morgan fingerprint density at radius 1 is 1.25 bits per heavy atom. The van der Waals surface area contributed by atoms with E-state index in [1.807, 2.05) is 42.3 Å². The number of aldehydes is 1. The van der Waals surface area contributed by atoms with E-state index in [9.17, 15) is 4.79 Å². The molecule has 0 unspecified atom stereocenters. The van der Waals surface area contributed by atoms with Crippen LogP contribution in [0.25, 0.3) is 0 Å². The van der Waals surface area contributed by atoms with Crippen molar-refractivity contribution in [2.24, 2.45) is 0 Å². The molecule has 2 aromatic rings. The molecule has 20 heavy (non-hydrogen) atoms. The molecular weight excluding hydrogens is 274 g/mol. The molecule has 104 valence electrons. The number of hydrogen-bond acceptors (Lipinski definition) is 3. The first kappa shape index (κ1) is 14.4. The average Bonchev–Trinajstić information content (AvgIpc) is 2.47. The third-order valence-corrected chi connectivity index (χ3v) is 3.32. The monoisotopic (exact) mass is 289 g/mol. The summed E-state index contributed by atoms with van der Waals surface area (Å²) in [6.07, 6.45) is 0.823. The summed E-state index contributed by atoms with van der Waals surface area (Å²) in [5, 5.41) is 0.561. The minimum Gasteiger partial charge on any atom is -0.497 e. The summed E-state index contributed by atoms with van der Waals surface area (Å²) >= 11 is 5.91. The number of carbonyl (C=O) groups excluding carboxylic acids is 1. The molecule has 0 heterocycles. The fraction of sp³-hybridized carbons (Fsp3) is 0.188. The summed E-state index contributed by atoms with van der Waals surface area (Å²) in [7, 11) is 3.59. The summed E-state index contributed by atoms with van der Waals surface area (Å²) in [5.74, 6) is 0.822. The zero-order valence-corrected chi connectivity index (χ0v) is 12.2. The van der Waals surface area contributed by atoms with Gasteiger partial charge in [-0.25, -0.2) is 0 Å². The SMILES string of the molecule is COc1cccc(CN(C)c2ccc(Cl)cc2C=O)c1. The van der Waals surface area contributed by atoms with Crippen LogP contribution in [0.15, 0.2) is 42.5 Å². The molecule has 2 rings (SSSR count). The molecule has 0 spiro atoms. The Balaban J connectivity index is 2.23. The van der Waals surface area contributed by atoms with E-state index in [1.165, 1.54) is 0 Å². The second-order valence-corrected chi connectivity index (χ2v) is 4.97. The molecule has 0 aliphatic heterocycles. The summed E-state index contributed by atoms with van der Waals surface area (Å²) < 4.78 is 5.21. The molecular formula is C16H16ClNO2. The number of halogens is 1. The summed E-state index contributed by atoms with van der Waals surface area (Å²) in [6, 6.07) is 13.2. The number of nitrogens with zero attached hydrogens (tertiary/aromatic N) is 1. The van der Waals surface area contributed by atoms with Gasteiger partial charge < -0.3 is 9.64 Å². The van der Waals surface area contributed by atoms with Crippen molar-refractivity contribution >= 4 is 23.6 Å². The molecule has 0 saturated heterocycles. The molecule has 2 aromatic carbocycles. The van der Waals surface area contributed by atoms with Gasteiger partial charge in [0.25, 0.3) is 0 Å². The molecule has 0 bridgehead atoms. The van der Waals surface area contributed by atoms with Gasteiger partial charge in [0.05, 0.1) is 7.11 Å². The Labute approximate surface area is 123 Å². The number of benzene rings is 2. The van der Waals surface area contributed by atoms with Crippen molar-refractivity contribution in [2.75, 3.05) is 19.1 Å². The Morgan fingerprint density at radius 2 is 2.05 bits per heavy atom. The van der Waals surface area contributed by atoms with Crippen LogP contribution in [0.2, 0.25) is 5.02 Å². The summed E-state index contributed by atoms with van der Waals surface area (Å²) in [6.45, 7) is 0.680. The van der Waals surface area contributed by atoms with E-state index in [0.717, 1.165) is 23.3 Å². The van der Waals surface area contributed by atoms with Gasteiger partial charge in [0, 0.05) is 29.9 Å². The van der Waals surface area contributed by atoms with Crippen molar-refractivity contribution in [3.63, 3.8) is 0 Å². The van der Waals surface area contributed by atoms with Crippen molar-refractivity contribution in [3.8, 4) is 5.75 Å². The number of rotatable bonds is 5. The van der Waals surface area contributed by atoms with Gasteiger partial charge in [0.15, 0.2) is 6.29 Å². The van der Waals surface area contributed by atoms with Gasteiger partial charge in [-0.2, -0.15) is 0 Å². The van der Waals surface area contributed by atoms with Gasteiger partial charge in [-0.15, -0.1) is 0 Å². The molecule has 0 amide bonds. The zero-order chi connectivity index (χ0) is 14.5. The normalized spacial score (nSPS) is 10.2. The number of carbonyl (C=O) groups is 1. The maximum atomic E-state index is 11.1. The van der Waals surface area contributed by atoms with Crippen LogP contribution in [-0.2, 0) is 6.54 Å². The van der Waals surface area contributed by atoms with Crippen molar-refractivity contribution in [1.82, 2.24) is 0 Å². The van der Waals surface area contributed by atoms with Crippen LogP contribution >= 0.6 is 11.6 Å². The Kier molecular flexibility index (Phi) is 4.64. The minimum atomic E-state index is 0.561. The fourth-order valence-electron chi connectivity index (χ4n) is 2.10.